The smallest absolute Gasteiger partial charge is 0.191 e. The van der Waals surface area contributed by atoms with E-state index in [1.807, 2.05) is 32.2 Å². The zero-order valence-electron chi connectivity index (χ0n) is 13.4. The molecule has 0 radical (unpaired) electrons. The van der Waals surface area contributed by atoms with Gasteiger partial charge in [-0.3, -0.25) is 9.98 Å². The summed E-state index contributed by atoms with van der Waals surface area (Å²) in [5, 5.41) is 6.71. The van der Waals surface area contributed by atoms with E-state index in [1.165, 1.54) is 38.5 Å². The number of aliphatic imine (C=N–C) groups is 1. The van der Waals surface area contributed by atoms with Crippen molar-refractivity contribution in [1.82, 2.24) is 15.6 Å². The van der Waals surface area contributed by atoms with Gasteiger partial charge in [0.15, 0.2) is 5.96 Å². The Labute approximate surface area is 128 Å². The molecule has 1 aliphatic rings. The molecular weight excluding hydrogens is 260 g/mol. The SMILES string of the molecule is CN=C(NCCCC1CCCC1)NCc1cccc(C)n1. The minimum atomic E-state index is 0.712. The summed E-state index contributed by atoms with van der Waals surface area (Å²) >= 11 is 0. The molecule has 0 spiro atoms. The Morgan fingerprint density at radius 2 is 2.10 bits per heavy atom. The summed E-state index contributed by atoms with van der Waals surface area (Å²) in [6.45, 7) is 3.72. The fourth-order valence-electron chi connectivity index (χ4n) is 2.99. The molecule has 21 heavy (non-hydrogen) atoms. The van der Waals surface area contributed by atoms with Crippen LogP contribution in [0.4, 0.5) is 0 Å². The van der Waals surface area contributed by atoms with Crippen molar-refractivity contribution in [3.8, 4) is 0 Å². The van der Waals surface area contributed by atoms with Crippen LogP contribution in [0.15, 0.2) is 23.2 Å². The van der Waals surface area contributed by atoms with Gasteiger partial charge in [-0.05, 0) is 37.8 Å². The maximum absolute atomic E-state index is 4.48. The van der Waals surface area contributed by atoms with E-state index >= 15 is 0 Å². The minimum Gasteiger partial charge on any atom is -0.356 e. The number of rotatable bonds is 6. The van der Waals surface area contributed by atoms with Gasteiger partial charge in [-0.15, -0.1) is 0 Å². The molecule has 4 heteroatoms. The van der Waals surface area contributed by atoms with Crippen molar-refractivity contribution >= 4 is 5.96 Å². The summed E-state index contributed by atoms with van der Waals surface area (Å²) in [6.07, 6.45) is 8.32. The van der Waals surface area contributed by atoms with Crippen LogP contribution >= 0.6 is 0 Å². The van der Waals surface area contributed by atoms with Gasteiger partial charge in [-0.25, -0.2) is 0 Å². The highest BCUT2D eigenvalue weighted by atomic mass is 15.2. The van der Waals surface area contributed by atoms with Gasteiger partial charge in [0.1, 0.15) is 0 Å². The van der Waals surface area contributed by atoms with Crippen LogP contribution in [0.25, 0.3) is 0 Å². The lowest BCUT2D eigenvalue weighted by atomic mass is 10.0. The van der Waals surface area contributed by atoms with E-state index in [-0.39, 0.29) is 0 Å². The number of nitrogens with one attached hydrogen (secondary N) is 2. The van der Waals surface area contributed by atoms with E-state index in [1.54, 1.807) is 0 Å². The monoisotopic (exact) mass is 288 g/mol. The van der Waals surface area contributed by atoms with Gasteiger partial charge in [0.05, 0.1) is 12.2 Å². The van der Waals surface area contributed by atoms with E-state index in [4.69, 9.17) is 0 Å². The van der Waals surface area contributed by atoms with Crippen LogP contribution in [0.3, 0.4) is 0 Å². The van der Waals surface area contributed by atoms with Crippen molar-refractivity contribution in [2.75, 3.05) is 13.6 Å². The number of nitrogens with zero attached hydrogens (tertiary/aromatic N) is 2. The molecule has 4 nitrogen and oxygen atoms in total. The molecule has 1 saturated carbocycles. The quantitative estimate of drug-likeness (QED) is 0.480. The molecule has 1 fully saturated rings. The van der Waals surface area contributed by atoms with Crippen molar-refractivity contribution in [3.05, 3.63) is 29.6 Å². The molecular formula is C17H28N4. The summed E-state index contributed by atoms with van der Waals surface area (Å²) in [5.74, 6) is 1.84. The third kappa shape index (κ3) is 5.74. The highest BCUT2D eigenvalue weighted by molar-refractivity contribution is 5.79. The average Bonchev–Trinajstić information content (AvgIpc) is 3.00. The van der Waals surface area contributed by atoms with E-state index < -0.39 is 0 Å². The number of aromatic nitrogens is 1. The zero-order chi connectivity index (χ0) is 14.9. The van der Waals surface area contributed by atoms with Crippen LogP contribution in [0.2, 0.25) is 0 Å². The van der Waals surface area contributed by atoms with Gasteiger partial charge in [-0.2, -0.15) is 0 Å². The van der Waals surface area contributed by atoms with Gasteiger partial charge >= 0.3 is 0 Å². The summed E-state index contributed by atoms with van der Waals surface area (Å²) < 4.78 is 0. The summed E-state index contributed by atoms with van der Waals surface area (Å²) in [6, 6.07) is 6.09. The van der Waals surface area contributed by atoms with Gasteiger partial charge in [0.25, 0.3) is 0 Å². The molecule has 1 aromatic heterocycles. The molecule has 0 saturated heterocycles. The highest BCUT2D eigenvalue weighted by Crippen LogP contribution is 2.28. The Balaban J connectivity index is 1.63. The molecule has 0 aromatic carbocycles. The Morgan fingerprint density at radius 1 is 1.29 bits per heavy atom. The fraction of sp³-hybridized carbons (Fsp3) is 0.647. The average molecular weight is 288 g/mol. The van der Waals surface area contributed by atoms with Gasteiger partial charge in [-0.1, -0.05) is 31.7 Å². The van der Waals surface area contributed by atoms with E-state index in [0.29, 0.717) is 6.54 Å². The number of hydrogen-bond acceptors (Lipinski definition) is 2. The molecule has 116 valence electrons. The second kappa shape index (κ2) is 8.65. The first-order valence-corrected chi connectivity index (χ1v) is 8.15. The Hall–Kier alpha value is -1.58. The predicted molar refractivity (Wildman–Crippen MR) is 88.4 cm³/mol. The molecule has 1 heterocycles. The molecule has 0 aliphatic heterocycles. The number of aryl methyl sites for hydroxylation is 1. The van der Waals surface area contributed by atoms with E-state index in [2.05, 4.69) is 20.6 Å². The maximum atomic E-state index is 4.48. The molecule has 2 rings (SSSR count). The van der Waals surface area contributed by atoms with Crippen LogP contribution in [-0.4, -0.2) is 24.5 Å². The Bertz CT molecular complexity index is 450. The highest BCUT2D eigenvalue weighted by Gasteiger charge is 2.13. The van der Waals surface area contributed by atoms with Crippen LogP contribution in [-0.2, 0) is 6.54 Å². The zero-order valence-corrected chi connectivity index (χ0v) is 13.4. The third-order valence-corrected chi connectivity index (χ3v) is 4.16. The molecule has 0 bridgehead atoms. The lowest BCUT2D eigenvalue weighted by Gasteiger charge is -2.13. The number of pyridine rings is 1. The first-order valence-electron chi connectivity index (χ1n) is 8.15. The predicted octanol–water partition coefficient (Wildman–Crippen LogP) is 3.03. The normalized spacial score (nSPS) is 16.2. The Morgan fingerprint density at radius 3 is 2.81 bits per heavy atom. The van der Waals surface area contributed by atoms with Crippen molar-refractivity contribution < 1.29 is 0 Å². The van der Waals surface area contributed by atoms with Crippen LogP contribution in [0, 0.1) is 12.8 Å². The maximum Gasteiger partial charge on any atom is 0.191 e. The van der Waals surface area contributed by atoms with Gasteiger partial charge in [0, 0.05) is 19.3 Å². The van der Waals surface area contributed by atoms with Crippen LogP contribution in [0.1, 0.15) is 49.9 Å². The standard InChI is InChI=1S/C17H28N4/c1-14-7-5-11-16(21-14)13-20-17(18-2)19-12-6-10-15-8-3-4-9-15/h5,7,11,15H,3-4,6,8-10,12-13H2,1-2H3,(H2,18,19,20). The molecule has 1 aliphatic carbocycles. The van der Waals surface area contributed by atoms with E-state index in [9.17, 15) is 0 Å². The van der Waals surface area contributed by atoms with Crippen molar-refractivity contribution in [3.63, 3.8) is 0 Å². The second-order valence-corrected chi connectivity index (χ2v) is 5.92. The molecule has 0 unspecified atom stereocenters. The largest absolute Gasteiger partial charge is 0.356 e. The van der Waals surface area contributed by atoms with Crippen LogP contribution < -0.4 is 10.6 Å². The van der Waals surface area contributed by atoms with E-state index in [0.717, 1.165) is 29.8 Å². The molecule has 0 amide bonds. The van der Waals surface area contributed by atoms with Crippen molar-refractivity contribution in [1.29, 1.82) is 0 Å². The van der Waals surface area contributed by atoms with Crippen LogP contribution in [0.5, 0.6) is 0 Å². The Kier molecular flexibility index (Phi) is 6.51. The lowest BCUT2D eigenvalue weighted by Crippen LogP contribution is -2.37. The summed E-state index contributed by atoms with van der Waals surface area (Å²) in [7, 11) is 1.82. The number of hydrogen-bond donors (Lipinski definition) is 2. The summed E-state index contributed by atoms with van der Waals surface area (Å²) in [5.41, 5.74) is 2.10. The first kappa shape index (κ1) is 15.8. The van der Waals surface area contributed by atoms with Crippen molar-refractivity contribution in [2.24, 2.45) is 10.9 Å². The molecule has 0 atom stereocenters. The second-order valence-electron chi connectivity index (χ2n) is 5.92. The molecule has 1 aromatic rings. The lowest BCUT2D eigenvalue weighted by molar-refractivity contribution is 0.481. The first-order chi connectivity index (χ1) is 10.3. The van der Waals surface area contributed by atoms with Gasteiger partial charge < -0.3 is 10.6 Å². The van der Waals surface area contributed by atoms with Gasteiger partial charge in [0.2, 0.25) is 0 Å². The number of guanidine groups is 1. The minimum absolute atomic E-state index is 0.712. The summed E-state index contributed by atoms with van der Waals surface area (Å²) in [4.78, 5) is 8.74. The molecule has 2 N–H and O–H groups in total. The third-order valence-electron chi connectivity index (χ3n) is 4.16. The fourth-order valence-corrected chi connectivity index (χ4v) is 2.99. The van der Waals surface area contributed by atoms with Crippen molar-refractivity contribution in [2.45, 2.75) is 52.0 Å². The topological polar surface area (TPSA) is 49.3 Å².